The van der Waals surface area contributed by atoms with Gasteiger partial charge in [-0.25, -0.2) is 0 Å². The van der Waals surface area contributed by atoms with Crippen molar-refractivity contribution in [3.05, 3.63) is 23.9 Å². The Morgan fingerprint density at radius 3 is 2.61 bits per heavy atom. The van der Waals surface area contributed by atoms with Crippen molar-refractivity contribution in [2.75, 3.05) is 19.5 Å². The zero-order valence-electron chi connectivity index (χ0n) is 14.5. The van der Waals surface area contributed by atoms with Crippen molar-refractivity contribution in [1.82, 2.24) is 4.98 Å². The number of fused-ring (bicyclic) bond motifs is 1. The van der Waals surface area contributed by atoms with Gasteiger partial charge >= 0.3 is 0 Å². The Labute approximate surface area is 139 Å². The van der Waals surface area contributed by atoms with Crippen LogP contribution in [-0.2, 0) is 6.42 Å². The van der Waals surface area contributed by atoms with Gasteiger partial charge in [0, 0.05) is 12.3 Å². The molecular formula is C19H28N2O2. The van der Waals surface area contributed by atoms with Crippen LogP contribution >= 0.6 is 0 Å². The van der Waals surface area contributed by atoms with E-state index in [2.05, 4.69) is 18.8 Å². The van der Waals surface area contributed by atoms with E-state index in [4.69, 9.17) is 15.2 Å². The third kappa shape index (κ3) is 4.06. The number of nitrogens with zero attached hydrogens (tertiary/aromatic N) is 1. The fourth-order valence-electron chi connectivity index (χ4n) is 2.84. The summed E-state index contributed by atoms with van der Waals surface area (Å²) in [7, 11) is 1.65. The predicted molar refractivity (Wildman–Crippen MR) is 96.3 cm³/mol. The number of hydrogen-bond donors (Lipinski definition) is 1. The second-order valence-electron chi connectivity index (χ2n) is 5.81. The molecule has 0 radical (unpaired) electrons. The van der Waals surface area contributed by atoms with Crippen LogP contribution in [0.4, 0.5) is 5.69 Å². The molecule has 0 spiro atoms. The van der Waals surface area contributed by atoms with Gasteiger partial charge in [0.05, 0.1) is 30.3 Å². The van der Waals surface area contributed by atoms with Gasteiger partial charge in [-0.3, -0.25) is 4.98 Å². The summed E-state index contributed by atoms with van der Waals surface area (Å²) in [5.74, 6) is 1.46. The molecular weight excluding hydrogens is 288 g/mol. The lowest BCUT2D eigenvalue weighted by molar-refractivity contribution is 0.288. The van der Waals surface area contributed by atoms with Gasteiger partial charge < -0.3 is 15.2 Å². The van der Waals surface area contributed by atoms with Crippen LogP contribution in [0.2, 0.25) is 0 Å². The molecule has 4 nitrogen and oxygen atoms in total. The number of unbranched alkanes of at least 4 members (excludes halogenated alkanes) is 4. The fraction of sp³-hybridized carbons (Fsp3) is 0.526. The van der Waals surface area contributed by atoms with Crippen LogP contribution in [0.25, 0.3) is 10.9 Å². The molecule has 126 valence electrons. The minimum Gasteiger partial charge on any atom is -0.493 e. The van der Waals surface area contributed by atoms with E-state index < -0.39 is 0 Å². The third-order valence-corrected chi connectivity index (χ3v) is 4.14. The lowest BCUT2D eigenvalue weighted by Gasteiger charge is -2.16. The van der Waals surface area contributed by atoms with E-state index in [0.717, 1.165) is 29.5 Å². The summed E-state index contributed by atoms with van der Waals surface area (Å²) in [5.41, 5.74) is 8.74. The molecule has 2 rings (SSSR count). The molecule has 0 aliphatic heterocycles. The lowest BCUT2D eigenvalue weighted by Crippen LogP contribution is -2.03. The number of pyridine rings is 1. The quantitative estimate of drug-likeness (QED) is 0.536. The normalized spacial score (nSPS) is 10.9. The molecule has 0 amide bonds. The zero-order chi connectivity index (χ0) is 16.7. The van der Waals surface area contributed by atoms with E-state index in [9.17, 15) is 0 Å². The molecule has 0 aliphatic rings. The Morgan fingerprint density at radius 1 is 1.13 bits per heavy atom. The van der Waals surface area contributed by atoms with Gasteiger partial charge in [0.15, 0.2) is 11.5 Å². The average molecular weight is 316 g/mol. The maximum Gasteiger partial charge on any atom is 0.170 e. The molecule has 4 heteroatoms. The van der Waals surface area contributed by atoms with Crippen LogP contribution < -0.4 is 15.2 Å². The number of hydrogen-bond acceptors (Lipinski definition) is 4. The highest BCUT2D eigenvalue weighted by Crippen LogP contribution is 2.40. The molecule has 2 aromatic rings. The molecule has 1 aromatic heterocycles. The minimum absolute atomic E-state index is 0.627. The van der Waals surface area contributed by atoms with Crippen molar-refractivity contribution in [2.24, 2.45) is 0 Å². The van der Waals surface area contributed by atoms with Gasteiger partial charge in [-0.15, -0.1) is 0 Å². The van der Waals surface area contributed by atoms with Gasteiger partial charge in [-0.1, -0.05) is 39.5 Å². The van der Waals surface area contributed by atoms with E-state index in [1.54, 1.807) is 19.4 Å². The molecule has 0 saturated heterocycles. The van der Waals surface area contributed by atoms with E-state index in [0.29, 0.717) is 18.0 Å². The SMILES string of the molecule is CCCCCCCOc1c(OC)cc(N)c2nccc(CC)c12. The fourth-order valence-corrected chi connectivity index (χ4v) is 2.84. The van der Waals surface area contributed by atoms with Crippen molar-refractivity contribution in [1.29, 1.82) is 0 Å². The highest BCUT2D eigenvalue weighted by Gasteiger charge is 2.16. The Kier molecular flexibility index (Phi) is 6.51. The van der Waals surface area contributed by atoms with Gasteiger partial charge in [0.25, 0.3) is 0 Å². The molecule has 0 unspecified atom stereocenters. The minimum atomic E-state index is 0.627. The number of aromatic nitrogens is 1. The number of methoxy groups -OCH3 is 1. The Bertz CT molecular complexity index is 641. The summed E-state index contributed by atoms with van der Waals surface area (Å²) in [6.07, 6.45) is 8.76. The van der Waals surface area contributed by atoms with Crippen LogP contribution in [0.5, 0.6) is 11.5 Å². The third-order valence-electron chi connectivity index (χ3n) is 4.14. The first kappa shape index (κ1) is 17.4. The predicted octanol–water partition coefficient (Wildman–Crippen LogP) is 4.74. The Hall–Kier alpha value is -1.97. The summed E-state index contributed by atoms with van der Waals surface area (Å²) >= 11 is 0. The van der Waals surface area contributed by atoms with Crippen molar-refractivity contribution in [2.45, 2.75) is 52.4 Å². The maximum absolute atomic E-state index is 6.14. The van der Waals surface area contributed by atoms with Crippen LogP contribution in [-0.4, -0.2) is 18.7 Å². The van der Waals surface area contributed by atoms with Gasteiger partial charge in [-0.05, 0) is 24.5 Å². The molecule has 0 saturated carbocycles. The number of ether oxygens (including phenoxy) is 2. The molecule has 23 heavy (non-hydrogen) atoms. The van der Waals surface area contributed by atoms with Gasteiger partial charge in [0.2, 0.25) is 0 Å². The molecule has 0 atom stereocenters. The molecule has 0 bridgehead atoms. The van der Waals surface area contributed by atoms with E-state index in [1.807, 2.05) is 6.07 Å². The van der Waals surface area contributed by atoms with Gasteiger partial charge in [-0.2, -0.15) is 0 Å². The number of aryl methyl sites for hydroxylation is 1. The lowest BCUT2D eigenvalue weighted by atomic mass is 10.0. The molecule has 0 fully saturated rings. The Balaban J connectivity index is 2.27. The molecule has 1 aromatic carbocycles. The number of nitrogens with two attached hydrogens (primary N) is 1. The highest BCUT2D eigenvalue weighted by atomic mass is 16.5. The average Bonchev–Trinajstić information content (AvgIpc) is 2.58. The first-order chi connectivity index (χ1) is 11.2. The van der Waals surface area contributed by atoms with Crippen molar-refractivity contribution >= 4 is 16.6 Å². The molecule has 0 aliphatic carbocycles. The second-order valence-corrected chi connectivity index (χ2v) is 5.81. The van der Waals surface area contributed by atoms with Gasteiger partial charge in [0.1, 0.15) is 0 Å². The smallest absolute Gasteiger partial charge is 0.170 e. The first-order valence-corrected chi connectivity index (χ1v) is 8.59. The van der Waals surface area contributed by atoms with E-state index in [1.165, 1.54) is 31.2 Å². The van der Waals surface area contributed by atoms with Crippen molar-refractivity contribution in [3.63, 3.8) is 0 Å². The van der Waals surface area contributed by atoms with Crippen molar-refractivity contribution in [3.8, 4) is 11.5 Å². The molecule has 2 N–H and O–H groups in total. The first-order valence-electron chi connectivity index (χ1n) is 8.59. The highest BCUT2D eigenvalue weighted by molar-refractivity contribution is 5.98. The molecule has 1 heterocycles. The Morgan fingerprint density at radius 2 is 1.91 bits per heavy atom. The van der Waals surface area contributed by atoms with E-state index >= 15 is 0 Å². The number of benzene rings is 1. The van der Waals surface area contributed by atoms with Crippen molar-refractivity contribution < 1.29 is 9.47 Å². The number of nitrogen functional groups attached to an aromatic ring is 1. The summed E-state index contributed by atoms with van der Waals surface area (Å²) in [5, 5.41) is 0.986. The maximum atomic E-state index is 6.14. The van der Waals surface area contributed by atoms with E-state index in [-0.39, 0.29) is 0 Å². The summed E-state index contributed by atoms with van der Waals surface area (Å²) < 4.78 is 11.6. The summed E-state index contributed by atoms with van der Waals surface area (Å²) in [6.45, 7) is 5.04. The number of rotatable bonds is 9. The summed E-state index contributed by atoms with van der Waals surface area (Å²) in [6, 6.07) is 3.83. The largest absolute Gasteiger partial charge is 0.493 e. The standard InChI is InChI=1S/C19H28N2O2/c1-4-6-7-8-9-12-23-19-16(22-3)13-15(20)18-17(19)14(5-2)10-11-21-18/h10-11,13H,4-9,12,20H2,1-3H3. The number of anilines is 1. The summed E-state index contributed by atoms with van der Waals surface area (Å²) in [4.78, 5) is 4.43. The topological polar surface area (TPSA) is 57.4 Å². The second kappa shape index (κ2) is 8.61. The van der Waals surface area contributed by atoms with Crippen LogP contribution in [0, 0.1) is 0 Å². The zero-order valence-corrected chi connectivity index (χ0v) is 14.5. The van der Waals surface area contributed by atoms with Crippen LogP contribution in [0.1, 0.15) is 51.5 Å². The van der Waals surface area contributed by atoms with Crippen LogP contribution in [0.15, 0.2) is 18.3 Å². The monoisotopic (exact) mass is 316 g/mol. The van der Waals surface area contributed by atoms with Crippen LogP contribution in [0.3, 0.4) is 0 Å².